The number of hydrogen-bond donors (Lipinski definition) is 1. The van der Waals surface area contributed by atoms with Crippen molar-refractivity contribution in [1.82, 2.24) is 9.29 Å². The first-order valence-corrected chi connectivity index (χ1v) is 12.9. The number of hydrogen-bond acceptors (Lipinski definition) is 6. The molecular weight excluding hydrogens is 445 g/mol. The number of carbonyl (C=O) groups excluding carboxylic acids is 1. The number of fused-ring (bicyclic) bond motifs is 1. The van der Waals surface area contributed by atoms with E-state index in [-0.39, 0.29) is 17.3 Å². The lowest BCUT2D eigenvalue weighted by Gasteiger charge is -2.31. The van der Waals surface area contributed by atoms with Crippen LogP contribution in [0.3, 0.4) is 0 Å². The summed E-state index contributed by atoms with van der Waals surface area (Å²) in [5.74, 6) is -1.20. The molecule has 0 saturated carbocycles. The van der Waals surface area contributed by atoms with Crippen LogP contribution >= 0.6 is 23.1 Å². The Morgan fingerprint density at radius 2 is 2.03 bits per heavy atom. The third-order valence-electron chi connectivity index (χ3n) is 5.03. The average molecular weight is 466 g/mol. The molecule has 0 bridgehead atoms. The maximum atomic E-state index is 13.1. The molecule has 1 atom stereocenters. The second kappa shape index (κ2) is 8.62. The number of nitrogens with one attached hydrogen (secondary N) is 1. The predicted octanol–water partition coefficient (Wildman–Crippen LogP) is 4.20. The molecule has 3 aromatic rings. The van der Waals surface area contributed by atoms with Crippen LogP contribution in [-0.4, -0.2) is 43.0 Å². The van der Waals surface area contributed by atoms with Crippen molar-refractivity contribution < 1.29 is 17.6 Å². The molecular formula is C20H20FN3O3S3. The number of rotatable bonds is 5. The third-order valence-corrected chi connectivity index (χ3v) is 8.57. The first kappa shape index (κ1) is 21.2. The fraction of sp³-hybridized carbons (Fsp3) is 0.300. The second-order valence-corrected chi connectivity index (χ2v) is 10.8. The molecule has 1 aliphatic heterocycles. The third kappa shape index (κ3) is 4.36. The molecule has 1 aromatic heterocycles. The van der Waals surface area contributed by atoms with Gasteiger partial charge in [0.2, 0.25) is 15.9 Å². The lowest BCUT2D eigenvalue weighted by atomic mass is 9.99. The summed E-state index contributed by atoms with van der Waals surface area (Å²) in [6.07, 6.45) is 3.18. The Hall–Kier alpha value is -2.01. The molecule has 1 fully saturated rings. The molecule has 158 valence electrons. The van der Waals surface area contributed by atoms with Gasteiger partial charge in [-0.2, -0.15) is 4.31 Å². The number of halogens is 1. The summed E-state index contributed by atoms with van der Waals surface area (Å²) in [6.45, 7) is 0.426. The molecule has 0 aliphatic carbocycles. The molecule has 6 nitrogen and oxygen atoms in total. The van der Waals surface area contributed by atoms with E-state index in [1.807, 2.05) is 24.5 Å². The van der Waals surface area contributed by atoms with Gasteiger partial charge in [0, 0.05) is 18.0 Å². The quantitative estimate of drug-likeness (QED) is 0.572. The van der Waals surface area contributed by atoms with Crippen molar-refractivity contribution in [2.24, 2.45) is 5.92 Å². The smallest absolute Gasteiger partial charge is 0.243 e. The molecule has 10 heteroatoms. The monoisotopic (exact) mass is 465 g/mol. The van der Waals surface area contributed by atoms with Crippen molar-refractivity contribution >= 4 is 54.4 Å². The number of sulfonamides is 1. The zero-order valence-corrected chi connectivity index (χ0v) is 18.6. The molecule has 1 saturated heterocycles. The summed E-state index contributed by atoms with van der Waals surface area (Å²) < 4.78 is 41.2. The number of thiazole rings is 1. The van der Waals surface area contributed by atoms with E-state index in [4.69, 9.17) is 0 Å². The number of anilines is 1. The van der Waals surface area contributed by atoms with E-state index in [0.717, 1.165) is 27.2 Å². The van der Waals surface area contributed by atoms with Crippen molar-refractivity contribution in [2.75, 3.05) is 24.7 Å². The van der Waals surface area contributed by atoms with Gasteiger partial charge in [0.25, 0.3) is 0 Å². The minimum atomic E-state index is -3.77. The summed E-state index contributed by atoms with van der Waals surface area (Å²) in [6, 6.07) is 10.7. The fourth-order valence-electron chi connectivity index (χ4n) is 3.42. The summed E-state index contributed by atoms with van der Waals surface area (Å²) in [4.78, 5) is 18.4. The van der Waals surface area contributed by atoms with Crippen molar-refractivity contribution in [3.63, 3.8) is 0 Å². The number of amides is 1. The van der Waals surface area contributed by atoms with Crippen molar-refractivity contribution in [2.45, 2.75) is 22.6 Å². The first-order chi connectivity index (χ1) is 14.4. The van der Waals surface area contributed by atoms with Crippen LogP contribution in [0, 0.1) is 11.7 Å². The van der Waals surface area contributed by atoms with Gasteiger partial charge in [0.1, 0.15) is 5.82 Å². The van der Waals surface area contributed by atoms with Crippen molar-refractivity contribution in [3.05, 3.63) is 48.3 Å². The molecule has 2 aromatic carbocycles. The van der Waals surface area contributed by atoms with E-state index in [0.29, 0.717) is 24.5 Å². The van der Waals surface area contributed by atoms with Crippen LogP contribution in [0.4, 0.5) is 9.52 Å². The fourth-order valence-corrected chi connectivity index (χ4v) is 6.37. The minimum Gasteiger partial charge on any atom is -0.302 e. The zero-order chi connectivity index (χ0) is 21.3. The van der Waals surface area contributed by atoms with Gasteiger partial charge in [-0.25, -0.2) is 17.8 Å². The number of thioether (sulfide) groups is 1. The highest BCUT2D eigenvalue weighted by Crippen LogP contribution is 2.30. The number of benzene rings is 2. The number of carbonyl (C=O) groups is 1. The number of aromatic nitrogens is 1. The van der Waals surface area contributed by atoms with Gasteiger partial charge in [0.15, 0.2) is 5.13 Å². The highest BCUT2D eigenvalue weighted by molar-refractivity contribution is 7.98. The van der Waals surface area contributed by atoms with Gasteiger partial charge in [-0.15, -0.1) is 11.8 Å². The first-order valence-electron chi connectivity index (χ1n) is 9.38. The summed E-state index contributed by atoms with van der Waals surface area (Å²) in [7, 11) is -3.77. The highest BCUT2D eigenvalue weighted by Gasteiger charge is 2.33. The molecule has 0 radical (unpaired) electrons. The largest absolute Gasteiger partial charge is 0.302 e. The van der Waals surface area contributed by atoms with Gasteiger partial charge >= 0.3 is 0 Å². The standard InChI is InChI=1S/C20H20FN3O3S3/c1-28-15-6-9-17-18(11-15)29-20(22-17)23-19(25)13-3-2-10-24(12-13)30(26,27)16-7-4-14(21)5-8-16/h4-9,11,13H,2-3,10,12H2,1H3,(H,22,23,25). The second-order valence-electron chi connectivity index (χ2n) is 7.00. The maximum Gasteiger partial charge on any atom is 0.243 e. The van der Waals surface area contributed by atoms with Crippen LogP contribution in [0.15, 0.2) is 52.3 Å². The molecule has 30 heavy (non-hydrogen) atoms. The SMILES string of the molecule is CSc1ccc2nc(NC(=O)C3CCCN(S(=O)(=O)c4ccc(F)cc4)C3)sc2c1. The predicted molar refractivity (Wildman–Crippen MR) is 118 cm³/mol. The topological polar surface area (TPSA) is 79.4 Å². The normalized spacial score (nSPS) is 17.9. The molecule has 4 rings (SSSR count). The van der Waals surface area contributed by atoms with E-state index >= 15 is 0 Å². The van der Waals surface area contributed by atoms with E-state index in [9.17, 15) is 17.6 Å². The Morgan fingerprint density at radius 1 is 1.27 bits per heavy atom. The molecule has 1 unspecified atom stereocenters. The van der Waals surface area contributed by atoms with Crippen molar-refractivity contribution in [1.29, 1.82) is 0 Å². The van der Waals surface area contributed by atoms with E-state index < -0.39 is 21.8 Å². The van der Waals surface area contributed by atoms with Gasteiger partial charge in [-0.1, -0.05) is 11.3 Å². The maximum absolute atomic E-state index is 13.1. The van der Waals surface area contributed by atoms with Crippen LogP contribution in [0.1, 0.15) is 12.8 Å². The van der Waals surface area contributed by atoms with Gasteiger partial charge in [0.05, 0.1) is 21.0 Å². The van der Waals surface area contributed by atoms with Crippen LogP contribution in [0.25, 0.3) is 10.2 Å². The minimum absolute atomic E-state index is 0.0285. The van der Waals surface area contributed by atoms with E-state index in [1.54, 1.807) is 11.8 Å². The van der Waals surface area contributed by atoms with Crippen LogP contribution in [0.2, 0.25) is 0 Å². The Kier molecular flexibility index (Phi) is 6.10. The molecule has 2 heterocycles. The lowest BCUT2D eigenvalue weighted by molar-refractivity contribution is -0.120. The van der Waals surface area contributed by atoms with Gasteiger partial charge in [-0.05, 0) is 61.6 Å². The van der Waals surface area contributed by atoms with Gasteiger partial charge < -0.3 is 5.32 Å². The Bertz CT molecular complexity index is 1180. The Labute approximate surface area is 182 Å². The number of nitrogens with zero attached hydrogens (tertiary/aromatic N) is 2. The highest BCUT2D eigenvalue weighted by atomic mass is 32.2. The van der Waals surface area contributed by atoms with Crippen LogP contribution in [0.5, 0.6) is 0 Å². The summed E-state index contributed by atoms with van der Waals surface area (Å²) in [5.41, 5.74) is 0.817. The summed E-state index contributed by atoms with van der Waals surface area (Å²) >= 11 is 3.04. The van der Waals surface area contributed by atoms with E-state index in [2.05, 4.69) is 10.3 Å². The van der Waals surface area contributed by atoms with Crippen molar-refractivity contribution in [3.8, 4) is 0 Å². The molecule has 0 spiro atoms. The lowest BCUT2D eigenvalue weighted by Crippen LogP contribution is -2.43. The van der Waals surface area contributed by atoms with Gasteiger partial charge in [-0.3, -0.25) is 4.79 Å². The Balaban J connectivity index is 1.47. The van der Waals surface area contributed by atoms with Crippen LogP contribution < -0.4 is 5.32 Å². The average Bonchev–Trinajstić information content (AvgIpc) is 3.15. The molecule has 1 aliphatic rings. The van der Waals surface area contributed by atoms with E-state index in [1.165, 1.54) is 27.8 Å². The van der Waals surface area contributed by atoms with Crippen LogP contribution in [-0.2, 0) is 14.8 Å². The zero-order valence-electron chi connectivity index (χ0n) is 16.2. The Morgan fingerprint density at radius 3 is 2.77 bits per heavy atom. The number of piperidine rings is 1. The molecule has 1 N–H and O–H groups in total. The summed E-state index contributed by atoms with van der Waals surface area (Å²) in [5, 5.41) is 3.35. The molecule has 1 amide bonds.